The van der Waals surface area contributed by atoms with Gasteiger partial charge in [0, 0.05) is 35.7 Å². The predicted octanol–water partition coefficient (Wildman–Crippen LogP) is 5.33. The lowest BCUT2D eigenvalue weighted by molar-refractivity contribution is -0.140. The van der Waals surface area contributed by atoms with E-state index in [1.54, 1.807) is 18.2 Å². The van der Waals surface area contributed by atoms with Gasteiger partial charge in [0.25, 0.3) is 0 Å². The molecule has 2 amide bonds. The van der Waals surface area contributed by atoms with E-state index in [2.05, 4.69) is 5.32 Å². The first-order valence-corrected chi connectivity index (χ1v) is 11.6. The van der Waals surface area contributed by atoms with Crippen molar-refractivity contribution in [1.82, 2.24) is 10.2 Å². The van der Waals surface area contributed by atoms with Crippen molar-refractivity contribution in [3.05, 3.63) is 106 Å². The molecule has 0 spiro atoms. The molecule has 0 heterocycles. The standard InChI is InChI=1S/C27H27ClF2N2O2/c1-2-15-31-27(34)25(16-19-9-4-3-5-10-19)32(18-20-11-6-7-13-23(20)29)26(33)17-21-22(28)12-8-14-24(21)30/h3-14,25H,2,15-18H2,1H3,(H,31,34)/t25-/m1/s1. The first-order chi connectivity index (χ1) is 16.4. The summed E-state index contributed by atoms with van der Waals surface area (Å²) < 4.78 is 29.0. The van der Waals surface area contributed by atoms with E-state index in [0.717, 1.165) is 12.0 Å². The molecule has 0 fully saturated rings. The number of hydrogen-bond donors (Lipinski definition) is 1. The molecule has 0 aliphatic rings. The number of hydrogen-bond acceptors (Lipinski definition) is 2. The molecule has 0 aliphatic carbocycles. The van der Waals surface area contributed by atoms with Crippen LogP contribution in [0.3, 0.4) is 0 Å². The average molecular weight is 485 g/mol. The van der Waals surface area contributed by atoms with Gasteiger partial charge in [0.1, 0.15) is 17.7 Å². The zero-order valence-electron chi connectivity index (χ0n) is 18.9. The maximum absolute atomic E-state index is 14.5. The largest absolute Gasteiger partial charge is 0.354 e. The molecule has 0 unspecified atom stereocenters. The molecule has 0 aromatic heterocycles. The molecule has 0 radical (unpaired) electrons. The van der Waals surface area contributed by atoms with E-state index in [-0.39, 0.29) is 41.4 Å². The minimum absolute atomic E-state index is 0.0418. The quantitative estimate of drug-likeness (QED) is 0.423. The summed E-state index contributed by atoms with van der Waals surface area (Å²) in [5, 5.41) is 2.97. The number of amides is 2. The minimum atomic E-state index is -0.924. The summed E-state index contributed by atoms with van der Waals surface area (Å²) in [6, 6.07) is 18.6. The van der Waals surface area contributed by atoms with E-state index >= 15 is 0 Å². The van der Waals surface area contributed by atoms with Gasteiger partial charge in [0.15, 0.2) is 0 Å². The molecule has 3 aromatic carbocycles. The number of carbonyl (C=O) groups is 2. The fraction of sp³-hybridized carbons (Fsp3) is 0.259. The van der Waals surface area contributed by atoms with Crippen LogP contribution in [-0.2, 0) is 29.0 Å². The van der Waals surface area contributed by atoms with E-state index < -0.39 is 23.6 Å². The maximum Gasteiger partial charge on any atom is 0.243 e. The van der Waals surface area contributed by atoms with Gasteiger partial charge in [-0.15, -0.1) is 0 Å². The molecule has 3 aromatic rings. The van der Waals surface area contributed by atoms with Crippen LogP contribution >= 0.6 is 11.6 Å². The summed E-state index contributed by atoms with van der Waals surface area (Å²) in [5.41, 5.74) is 1.14. The number of nitrogens with zero attached hydrogens (tertiary/aromatic N) is 1. The molecule has 178 valence electrons. The van der Waals surface area contributed by atoms with Crippen LogP contribution < -0.4 is 5.32 Å². The highest BCUT2D eigenvalue weighted by atomic mass is 35.5. The van der Waals surface area contributed by atoms with E-state index in [0.29, 0.717) is 6.54 Å². The Hall–Kier alpha value is -3.25. The Bertz CT molecular complexity index is 1100. The lowest BCUT2D eigenvalue weighted by atomic mass is 10.0. The third-order valence-corrected chi connectivity index (χ3v) is 5.86. The first kappa shape index (κ1) is 25.4. The summed E-state index contributed by atoms with van der Waals surface area (Å²) in [4.78, 5) is 28.1. The van der Waals surface area contributed by atoms with Gasteiger partial charge in [-0.25, -0.2) is 8.78 Å². The Morgan fingerprint density at radius 2 is 1.62 bits per heavy atom. The van der Waals surface area contributed by atoms with Gasteiger partial charge in [-0.1, -0.05) is 73.1 Å². The van der Waals surface area contributed by atoms with Crippen molar-refractivity contribution in [3.8, 4) is 0 Å². The second-order valence-electron chi connectivity index (χ2n) is 7.99. The topological polar surface area (TPSA) is 49.4 Å². The summed E-state index contributed by atoms with van der Waals surface area (Å²) in [6.07, 6.45) is 0.587. The molecule has 34 heavy (non-hydrogen) atoms. The molecule has 0 saturated heterocycles. The van der Waals surface area contributed by atoms with Gasteiger partial charge in [0.05, 0.1) is 6.42 Å². The SMILES string of the molecule is CCCNC(=O)[C@@H](Cc1ccccc1)N(Cc1ccccc1F)C(=O)Cc1c(F)cccc1Cl. The third kappa shape index (κ3) is 6.64. The number of halogens is 3. The van der Waals surface area contributed by atoms with Crippen molar-refractivity contribution in [2.75, 3.05) is 6.54 Å². The molecule has 7 heteroatoms. The van der Waals surface area contributed by atoms with E-state index in [4.69, 9.17) is 11.6 Å². The molecule has 0 bridgehead atoms. The number of nitrogens with one attached hydrogen (secondary N) is 1. The van der Waals surface area contributed by atoms with E-state index in [9.17, 15) is 18.4 Å². The third-order valence-electron chi connectivity index (χ3n) is 5.51. The average Bonchev–Trinajstić information content (AvgIpc) is 2.83. The van der Waals surface area contributed by atoms with Crippen molar-refractivity contribution in [3.63, 3.8) is 0 Å². The Labute approximate surface area is 203 Å². The Morgan fingerprint density at radius 3 is 2.29 bits per heavy atom. The molecule has 0 aliphatic heterocycles. The molecular weight excluding hydrogens is 458 g/mol. The Kier molecular flexibility index (Phi) is 9.16. The lowest BCUT2D eigenvalue weighted by Crippen LogP contribution is -2.51. The smallest absolute Gasteiger partial charge is 0.243 e. The van der Waals surface area contributed by atoms with Crippen molar-refractivity contribution >= 4 is 23.4 Å². The second-order valence-corrected chi connectivity index (χ2v) is 8.39. The van der Waals surface area contributed by atoms with Gasteiger partial charge in [-0.2, -0.15) is 0 Å². The van der Waals surface area contributed by atoms with Crippen LogP contribution in [0.4, 0.5) is 8.78 Å². The highest BCUT2D eigenvalue weighted by molar-refractivity contribution is 6.31. The molecule has 4 nitrogen and oxygen atoms in total. The van der Waals surface area contributed by atoms with Crippen LogP contribution in [0.5, 0.6) is 0 Å². The zero-order valence-corrected chi connectivity index (χ0v) is 19.7. The van der Waals surface area contributed by atoms with Crippen molar-refractivity contribution in [2.24, 2.45) is 0 Å². The number of carbonyl (C=O) groups excluding carboxylic acids is 2. The molecule has 3 rings (SSSR count). The first-order valence-electron chi connectivity index (χ1n) is 11.2. The molecule has 1 N–H and O–H groups in total. The van der Waals surface area contributed by atoms with Crippen molar-refractivity contribution in [1.29, 1.82) is 0 Å². The van der Waals surface area contributed by atoms with Gasteiger partial charge in [-0.3, -0.25) is 9.59 Å². The highest BCUT2D eigenvalue weighted by Gasteiger charge is 2.31. The highest BCUT2D eigenvalue weighted by Crippen LogP contribution is 2.23. The van der Waals surface area contributed by atoms with Crippen LogP contribution in [0.15, 0.2) is 72.8 Å². The molecule has 1 atom stereocenters. The van der Waals surface area contributed by atoms with Gasteiger partial charge in [-0.05, 0) is 30.2 Å². The lowest BCUT2D eigenvalue weighted by Gasteiger charge is -2.32. The van der Waals surface area contributed by atoms with Crippen LogP contribution in [0, 0.1) is 11.6 Å². The van der Waals surface area contributed by atoms with Crippen LogP contribution in [-0.4, -0.2) is 29.3 Å². The fourth-order valence-electron chi connectivity index (χ4n) is 3.68. The zero-order chi connectivity index (χ0) is 24.5. The van der Waals surface area contributed by atoms with E-state index in [1.165, 1.54) is 29.2 Å². The Morgan fingerprint density at radius 1 is 0.941 bits per heavy atom. The van der Waals surface area contributed by atoms with Crippen molar-refractivity contribution in [2.45, 2.75) is 38.8 Å². The Balaban J connectivity index is 2.00. The van der Waals surface area contributed by atoms with Gasteiger partial charge in [0.2, 0.25) is 11.8 Å². The predicted molar refractivity (Wildman–Crippen MR) is 129 cm³/mol. The molecule has 0 saturated carbocycles. The fourth-order valence-corrected chi connectivity index (χ4v) is 3.91. The monoisotopic (exact) mass is 484 g/mol. The normalized spacial score (nSPS) is 11.6. The summed E-state index contributed by atoms with van der Waals surface area (Å²) in [6.45, 7) is 2.22. The van der Waals surface area contributed by atoms with E-state index in [1.807, 2.05) is 37.3 Å². The van der Waals surface area contributed by atoms with Gasteiger partial charge >= 0.3 is 0 Å². The van der Waals surface area contributed by atoms with Crippen LogP contribution in [0.2, 0.25) is 5.02 Å². The number of rotatable bonds is 10. The summed E-state index contributed by atoms with van der Waals surface area (Å²) >= 11 is 6.15. The second kappa shape index (κ2) is 12.3. The van der Waals surface area contributed by atoms with Crippen LogP contribution in [0.25, 0.3) is 0 Å². The minimum Gasteiger partial charge on any atom is -0.354 e. The van der Waals surface area contributed by atoms with Gasteiger partial charge < -0.3 is 10.2 Å². The number of benzene rings is 3. The van der Waals surface area contributed by atoms with Crippen LogP contribution in [0.1, 0.15) is 30.0 Å². The maximum atomic E-state index is 14.5. The molecular formula is C27H27ClF2N2O2. The summed E-state index contributed by atoms with van der Waals surface area (Å²) in [5.74, 6) is -1.98. The summed E-state index contributed by atoms with van der Waals surface area (Å²) in [7, 11) is 0. The van der Waals surface area contributed by atoms with Crippen molar-refractivity contribution < 1.29 is 18.4 Å².